The zero-order valence-corrected chi connectivity index (χ0v) is 15.9. The zero-order chi connectivity index (χ0) is 20.1. The van der Waals surface area contributed by atoms with E-state index in [0.717, 1.165) is 11.3 Å². The van der Waals surface area contributed by atoms with Crippen molar-refractivity contribution in [2.45, 2.75) is 6.92 Å². The number of benzene rings is 2. The number of esters is 1. The number of halogens is 1. The first kappa shape index (κ1) is 19.3. The van der Waals surface area contributed by atoms with Gasteiger partial charge in [-0.15, -0.1) is 0 Å². The lowest BCUT2D eigenvalue weighted by Crippen LogP contribution is -2.15. The molecule has 1 heterocycles. The van der Waals surface area contributed by atoms with Gasteiger partial charge < -0.3 is 15.4 Å². The number of rotatable bonds is 5. The van der Waals surface area contributed by atoms with E-state index >= 15 is 0 Å². The Balaban J connectivity index is 1.73. The lowest BCUT2D eigenvalue weighted by atomic mass is 10.2. The first-order valence-corrected chi connectivity index (χ1v) is 8.70. The molecule has 0 bridgehead atoms. The average Bonchev–Trinajstić information content (AvgIpc) is 2.71. The Labute approximate surface area is 166 Å². The number of hydrogen-bond donors (Lipinski definition) is 2. The molecule has 0 radical (unpaired) electrons. The summed E-state index contributed by atoms with van der Waals surface area (Å²) in [5.74, 6) is -0.571. The van der Waals surface area contributed by atoms with E-state index in [0.29, 0.717) is 16.3 Å². The molecule has 7 nitrogen and oxygen atoms in total. The van der Waals surface area contributed by atoms with Crippen LogP contribution in [0.1, 0.15) is 26.4 Å². The normalized spacial score (nSPS) is 10.2. The summed E-state index contributed by atoms with van der Waals surface area (Å²) in [5, 5.41) is 6.40. The van der Waals surface area contributed by atoms with Crippen LogP contribution >= 0.6 is 11.6 Å². The average molecular weight is 397 g/mol. The predicted octanol–water partition coefficient (Wildman–Crippen LogP) is 4.22. The van der Waals surface area contributed by atoms with Gasteiger partial charge in [0.05, 0.1) is 12.7 Å². The van der Waals surface area contributed by atoms with E-state index in [-0.39, 0.29) is 11.6 Å². The molecule has 3 aromatic rings. The van der Waals surface area contributed by atoms with Gasteiger partial charge in [0, 0.05) is 22.6 Å². The van der Waals surface area contributed by atoms with Crippen LogP contribution in [-0.2, 0) is 4.74 Å². The van der Waals surface area contributed by atoms with Crippen molar-refractivity contribution in [2.75, 3.05) is 17.7 Å². The van der Waals surface area contributed by atoms with Crippen LogP contribution in [0.25, 0.3) is 0 Å². The molecule has 3 rings (SSSR count). The van der Waals surface area contributed by atoms with Crippen LogP contribution in [0, 0.1) is 6.92 Å². The first-order chi connectivity index (χ1) is 13.5. The SMILES string of the molecule is COC(=O)c1ccc(NC(=O)c2ccnc(Nc3cccc(Cl)c3C)n2)cc1. The minimum absolute atomic E-state index is 0.189. The molecule has 142 valence electrons. The van der Waals surface area contributed by atoms with Crippen LogP contribution < -0.4 is 10.6 Å². The van der Waals surface area contributed by atoms with E-state index in [4.69, 9.17) is 11.6 Å². The molecule has 8 heteroatoms. The smallest absolute Gasteiger partial charge is 0.337 e. The van der Waals surface area contributed by atoms with E-state index in [1.165, 1.54) is 19.4 Å². The molecule has 0 fully saturated rings. The number of methoxy groups -OCH3 is 1. The quantitative estimate of drug-likeness (QED) is 0.627. The predicted molar refractivity (Wildman–Crippen MR) is 107 cm³/mol. The molecule has 2 N–H and O–H groups in total. The number of nitrogens with zero attached hydrogens (tertiary/aromatic N) is 2. The Hall–Kier alpha value is -3.45. The van der Waals surface area contributed by atoms with Crippen molar-refractivity contribution in [3.63, 3.8) is 0 Å². The monoisotopic (exact) mass is 396 g/mol. The van der Waals surface area contributed by atoms with Crippen LogP contribution in [0.15, 0.2) is 54.7 Å². The maximum absolute atomic E-state index is 12.5. The second kappa shape index (κ2) is 8.49. The van der Waals surface area contributed by atoms with Crippen LogP contribution in [0.2, 0.25) is 5.02 Å². The van der Waals surface area contributed by atoms with Gasteiger partial charge in [0.2, 0.25) is 5.95 Å². The third kappa shape index (κ3) is 4.44. The van der Waals surface area contributed by atoms with Gasteiger partial charge in [-0.1, -0.05) is 17.7 Å². The van der Waals surface area contributed by atoms with Crippen molar-refractivity contribution in [3.8, 4) is 0 Å². The number of carbonyl (C=O) groups excluding carboxylic acids is 2. The third-order valence-corrected chi connectivity index (χ3v) is 4.38. The largest absolute Gasteiger partial charge is 0.465 e. The molecule has 0 aliphatic carbocycles. The van der Waals surface area contributed by atoms with Crippen molar-refractivity contribution >= 4 is 40.8 Å². The highest BCUT2D eigenvalue weighted by atomic mass is 35.5. The summed E-state index contributed by atoms with van der Waals surface area (Å²) in [4.78, 5) is 32.3. The number of ether oxygens (including phenoxy) is 1. The van der Waals surface area contributed by atoms with Crippen LogP contribution in [0.5, 0.6) is 0 Å². The van der Waals surface area contributed by atoms with Gasteiger partial charge in [-0.2, -0.15) is 0 Å². The van der Waals surface area contributed by atoms with Crippen molar-refractivity contribution < 1.29 is 14.3 Å². The standard InChI is InChI=1S/C20H17ClN4O3/c1-12-15(21)4-3-5-16(12)24-20-22-11-10-17(25-20)18(26)23-14-8-6-13(7-9-14)19(27)28-2/h3-11H,1-2H3,(H,23,26)(H,22,24,25). The molecule has 1 amide bonds. The van der Waals surface area contributed by atoms with Gasteiger partial charge >= 0.3 is 5.97 Å². The van der Waals surface area contributed by atoms with Crippen LogP contribution in [0.3, 0.4) is 0 Å². The molecular formula is C20H17ClN4O3. The molecule has 0 aliphatic rings. The summed E-state index contributed by atoms with van der Waals surface area (Å²) >= 11 is 6.12. The number of anilines is 3. The van der Waals surface area contributed by atoms with Crippen molar-refractivity contribution in [1.29, 1.82) is 0 Å². The Morgan fingerprint density at radius 1 is 1.07 bits per heavy atom. The Kier molecular flexibility index (Phi) is 5.86. The Morgan fingerprint density at radius 3 is 2.54 bits per heavy atom. The Morgan fingerprint density at radius 2 is 1.82 bits per heavy atom. The van der Waals surface area contributed by atoms with Crippen LogP contribution in [0.4, 0.5) is 17.3 Å². The molecule has 0 unspecified atom stereocenters. The number of hydrogen-bond acceptors (Lipinski definition) is 6. The minimum atomic E-state index is -0.444. The van der Waals surface area contributed by atoms with E-state index in [9.17, 15) is 9.59 Å². The fourth-order valence-corrected chi connectivity index (χ4v) is 2.59. The lowest BCUT2D eigenvalue weighted by molar-refractivity contribution is 0.0600. The van der Waals surface area contributed by atoms with E-state index in [2.05, 4.69) is 25.3 Å². The number of aromatic nitrogens is 2. The van der Waals surface area contributed by atoms with Crippen LogP contribution in [-0.4, -0.2) is 29.0 Å². The summed E-state index contributed by atoms with van der Waals surface area (Å²) in [5.41, 5.74) is 2.72. The van der Waals surface area contributed by atoms with Gasteiger partial charge in [0.15, 0.2) is 0 Å². The summed E-state index contributed by atoms with van der Waals surface area (Å²) < 4.78 is 4.65. The fraction of sp³-hybridized carbons (Fsp3) is 0.100. The maximum Gasteiger partial charge on any atom is 0.337 e. The summed E-state index contributed by atoms with van der Waals surface area (Å²) in [7, 11) is 1.31. The number of amides is 1. The van der Waals surface area contributed by atoms with E-state index in [1.807, 2.05) is 19.1 Å². The molecule has 0 saturated carbocycles. The second-order valence-electron chi connectivity index (χ2n) is 5.83. The fourth-order valence-electron chi connectivity index (χ4n) is 2.41. The van der Waals surface area contributed by atoms with E-state index < -0.39 is 11.9 Å². The molecule has 28 heavy (non-hydrogen) atoms. The van der Waals surface area contributed by atoms with Gasteiger partial charge in [-0.05, 0) is 55.0 Å². The van der Waals surface area contributed by atoms with E-state index in [1.54, 1.807) is 30.3 Å². The molecular weight excluding hydrogens is 380 g/mol. The highest BCUT2D eigenvalue weighted by molar-refractivity contribution is 6.31. The number of carbonyl (C=O) groups is 2. The van der Waals surface area contributed by atoms with Gasteiger partial charge in [-0.25, -0.2) is 14.8 Å². The molecule has 2 aromatic carbocycles. The Bertz CT molecular complexity index is 1020. The summed E-state index contributed by atoms with van der Waals surface area (Å²) in [6.45, 7) is 1.87. The van der Waals surface area contributed by atoms with Gasteiger partial charge in [0.1, 0.15) is 5.69 Å². The lowest BCUT2D eigenvalue weighted by Gasteiger charge is -2.10. The zero-order valence-electron chi connectivity index (χ0n) is 15.2. The van der Waals surface area contributed by atoms with Gasteiger partial charge in [0.25, 0.3) is 5.91 Å². The van der Waals surface area contributed by atoms with Crippen molar-refractivity contribution in [3.05, 3.63) is 76.6 Å². The highest BCUT2D eigenvalue weighted by Crippen LogP contribution is 2.24. The molecule has 0 spiro atoms. The molecule has 0 aliphatic heterocycles. The third-order valence-electron chi connectivity index (χ3n) is 3.97. The van der Waals surface area contributed by atoms with Gasteiger partial charge in [-0.3, -0.25) is 4.79 Å². The summed E-state index contributed by atoms with van der Waals surface area (Å²) in [6, 6.07) is 13.3. The maximum atomic E-state index is 12.5. The van der Waals surface area contributed by atoms with Crippen molar-refractivity contribution in [2.24, 2.45) is 0 Å². The summed E-state index contributed by atoms with van der Waals surface area (Å²) in [6.07, 6.45) is 1.49. The van der Waals surface area contributed by atoms with Crippen molar-refractivity contribution in [1.82, 2.24) is 9.97 Å². The minimum Gasteiger partial charge on any atom is -0.465 e. The first-order valence-electron chi connectivity index (χ1n) is 8.33. The number of nitrogens with one attached hydrogen (secondary N) is 2. The molecule has 0 saturated heterocycles. The topological polar surface area (TPSA) is 93.2 Å². The highest BCUT2D eigenvalue weighted by Gasteiger charge is 2.11. The molecule has 1 aromatic heterocycles. The molecule has 0 atom stereocenters. The second-order valence-corrected chi connectivity index (χ2v) is 6.23.